The predicted molar refractivity (Wildman–Crippen MR) is 106 cm³/mol. The van der Waals surface area contributed by atoms with Crippen LogP contribution in [0.4, 0.5) is 0 Å². The van der Waals surface area contributed by atoms with Gasteiger partial charge in [-0.25, -0.2) is 0 Å². The van der Waals surface area contributed by atoms with Gasteiger partial charge < -0.3 is 14.2 Å². The number of hydrogen-bond acceptors (Lipinski definition) is 5. The molecular weight excluding hydrogens is 354 g/mol. The van der Waals surface area contributed by atoms with Crippen LogP contribution in [-0.2, 0) is 9.53 Å². The van der Waals surface area contributed by atoms with E-state index in [9.17, 15) is 4.79 Å². The van der Waals surface area contributed by atoms with E-state index in [-0.39, 0.29) is 0 Å². The third-order valence-electron chi connectivity index (χ3n) is 6.20. The Hall–Kier alpha value is -2.21. The summed E-state index contributed by atoms with van der Waals surface area (Å²) in [5, 5.41) is 4.04. The highest BCUT2D eigenvalue weighted by Crippen LogP contribution is 2.32. The molecule has 4 heterocycles. The summed E-state index contributed by atoms with van der Waals surface area (Å²) in [4.78, 5) is 19.2. The monoisotopic (exact) mass is 383 g/mol. The van der Waals surface area contributed by atoms with Crippen LogP contribution in [0.3, 0.4) is 0 Å². The highest BCUT2D eigenvalue weighted by molar-refractivity contribution is 5.76. The molecule has 2 aromatic rings. The second-order valence-electron chi connectivity index (χ2n) is 8.09. The van der Waals surface area contributed by atoms with Crippen molar-refractivity contribution in [3.63, 3.8) is 0 Å². The summed E-state index contributed by atoms with van der Waals surface area (Å²) in [6.45, 7) is 7.16. The summed E-state index contributed by atoms with van der Waals surface area (Å²) in [5.41, 5.74) is 4.08. The Balaban J connectivity index is 1.37. The summed E-state index contributed by atoms with van der Waals surface area (Å²) in [6, 6.07) is 4.27. The van der Waals surface area contributed by atoms with Gasteiger partial charge in [-0.15, -0.1) is 0 Å². The van der Waals surface area contributed by atoms with Crippen LogP contribution >= 0.6 is 0 Å². The number of ether oxygens (including phenoxy) is 1. The Morgan fingerprint density at radius 2 is 1.93 bits per heavy atom. The van der Waals surface area contributed by atoms with E-state index in [1.807, 2.05) is 20.0 Å². The number of pyridine rings is 1. The zero-order valence-electron chi connectivity index (χ0n) is 16.8. The second-order valence-corrected chi connectivity index (χ2v) is 8.09. The van der Waals surface area contributed by atoms with Gasteiger partial charge >= 0.3 is 0 Å². The normalized spacial score (nSPS) is 19.1. The van der Waals surface area contributed by atoms with Gasteiger partial charge in [0.15, 0.2) is 0 Å². The van der Waals surface area contributed by atoms with Crippen molar-refractivity contribution < 1.29 is 14.1 Å². The lowest BCUT2D eigenvalue weighted by Gasteiger charge is -2.33. The summed E-state index contributed by atoms with van der Waals surface area (Å²) in [7, 11) is 0. The lowest BCUT2D eigenvalue weighted by Crippen LogP contribution is -2.39. The van der Waals surface area contributed by atoms with E-state index in [0.717, 1.165) is 74.7 Å². The van der Waals surface area contributed by atoms with Crippen LogP contribution < -0.4 is 0 Å². The molecule has 0 atom stereocenters. The molecular formula is C22H29N3O3. The highest BCUT2D eigenvalue weighted by Gasteiger charge is 2.27. The molecule has 2 fully saturated rings. The van der Waals surface area contributed by atoms with Gasteiger partial charge in [-0.3, -0.25) is 9.78 Å². The predicted octanol–water partition coefficient (Wildman–Crippen LogP) is 3.88. The molecule has 0 spiro atoms. The van der Waals surface area contributed by atoms with Crippen molar-refractivity contribution in [3.8, 4) is 11.3 Å². The van der Waals surface area contributed by atoms with Gasteiger partial charge in [-0.1, -0.05) is 5.16 Å². The molecule has 2 saturated heterocycles. The maximum Gasteiger partial charge on any atom is 0.222 e. The van der Waals surface area contributed by atoms with Crippen LogP contribution in [0, 0.1) is 19.8 Å². The molecule has 0 N–H and O–H groups in total. The van der Waals surface area contributed by atoms with Crippen LogP contribution in [0.5, 0.6) is 0 Å². The Morgan fingerprint density at radius 3 is 2.61 bits per heavy atom. The fourth-order valence-corrected chi connectivity index (χ4v) is 4.48. The molecule has 2 aliphatic rings. The Morgan fingerprint density at radius 1 is 1.18 bits per heavy atom. The van der Waals surface area contributed by atoms with Crippen molar-refractivity contribution in [2.24, 2.45) is 5.92 Å². The number of piperidine rings is 1. The van der Waals surface area contributed by atoms with Crippen molar-refractivity contribution in [2.75, 3.05) is 26.3 Å². The number of carbonyl (C=O) groups is 1. The minimum atomic E-state index is 0.316. The first-order chi connectivity index (χ1) is 13.6. The number of carbonyl (C=O) groups excluding carboxylic acids is 1. The molecule has 2 aliphatic heterocycles. The van der Waals surface area contributed by atoms with Crippen LogP contribution in [0.25, 0.3) is 11.3 Å². The van der Waals surface area contributed by atoms with Gasteiger partial charge in [-0.2, -0.15) is 0 Å². The summed E-state index contributed by atoms with van der Waals surface area (Å²) in [6.07, 6.45) is 6.60. The van der Waals surface area contributed by atoms with Gasteiger partial charge in [0, 0.05) is 38.9 Å². The first kappa shape index (κ1) is 19.1. The maximum atomic E-state index is 12.7. The number of rotatable bonds is 4. The molecule has 6 nitrogen and oxygen atoms in total. The van der Waals surface area contributed by atoms with E-state index in [1.54, 1.807) is 0 Å². The molecule has 0 bridgehead atoms. The van der Waals surface area contributed by atoms with Gasteiger partial charge in [0.25, 0.3) is 0 Å². The number of aromatic nitrogens is 2. The van der Waals surface area contributed by atoms with Crippen molar-refractivity contribution in [3.05, 3.63) is 35.3 Å². The minimum Gasteiger partial charge on any atom is -0.381 e. The SMILES string of the molecule is Cc1noc(C)c1-c1cc(C2CCN(C(=O)CC3CCOCC3)CC2)ccn1. The highest BCUT2D eigenvalue weighted by atomic mass is 16.5. The van der Waals surface area contributed by atoms with Crippen molar-refractivity contribution in [2.45, 2.75) is 51.9 Å². The average Bonchev–Trinajstić information content (AvgIpc) is 3.07. The quantitative estimate of drug-likeness (QED) is 0.801. The molecule has 2 aromatic heterocycles. The first-order valence-corrected chi connectivity index (χ1v) is 10.4. The Bertz CT molecular complexity index is 799. The van der Waals surface area contributed by atoms with E-state index >= 15 is 0 Å². The third-order valence-corrected chi connectivity index (χ3v) is 6.20. The number of hydrogen-bond donors (Lipinski definition) is 0. The van der Waals surface area contributed by atoms with E-state index in [4.69, 9.17) is 9.26 Å². The first-order valence-electron chi connectivity index (χ1n) is 10.4. The Labute approximate surface area is 166 Å². The lowest BCUT2D eigenvalue weighted by molar-refractivity contribution is -0.134. The van der Waals surface area contributed by atoms with Crippen molar-refractivity contribution in [1.29, 1.82) is 0 Å². The van der Waals surface area contributed by atoms with E-state index in [2.05, 4.69) is 27.2 Å². The van der Waals surface area contributed by atoms with E-state index < -0.39 is 0 Å². The number of nitrogens with zero attached hydrogens (tertiary/aromatic N) is 3. The number of likely N-dealkylation sites (tertiary alicyclic amines) is 1. The maximum absolute atomic E-state index is 12.7. The number of amides is 1. The van der Waals surface area contributed by atoms with Gasteiger partial charge in [-0.05, 0) is 69.1 Å². The fraction of sp³-hybridized carbons (Fsp3) is 0.591. The smallest absolute Gasteiger partial charge is 0.222 e. The Kier molecular flexibility index (Phi) is 5.76. The van der Waals surface area contributed by atoms with Crippen molar-refractivity contribution in [1.82, 2.24) is 15.0 Å². The van der Waals surface area contributed by atoms with E-state index in [1.165, 1.54) is 5.56 Å². The summed E-state index contributed by atoms with van der Waals surface area (Å²) < 4.78 is 10.7. The standard InChI is InChI=1S/C22H29N3O3/c1-15-22(16(2)28-24-15)20-14-19(3-8-23-20)18-4-9-25(10-5-18)21(26)13-17-6-11-27-12-7-17/h3,8,14,17-18H,4-7,9-13H2,1-2H3. The zero-order valence-corrected chi connectivity index (χ0v) is 16.8. The van der Waals surface area contributed by atoms with Gasteiger partial charge in [0.2, 0.25) is 5.91 Å². The number of aryl methyl sites for hydroxylation is 2. The molecule has 0 radical (unpaired) electrons. The molecule has 6 heteroatoms. The molecule has 4 rings (SSSR count). The van der Waals surface area contributed by atoms with Crippen molar-refractivity contribution >= 4 is 5.91 Å². The molecule has 0 saturated carbocycles. The van der Waals surface area contributed by atoms with E-state index in [0.29, 0.717) is 24.2 Å². The zero-order chi connectivity index (χ0) is 19.5. The van der Waals surface area contributed by atoms with Gasteiger partial charge in [0.05, 0.1) is 17.0 Å². The lowest BCUT2D eigenvalue weighted by atomic mass is 9.88. The molecule has 0 unspecified atom stereocenters. The van der Waals surface area contributed by atoms with Crippen LogP contribution in [0.1, 0.15) is 55.0 Å². The van der Waals surface area contributed by atoms with Crippen LogP contribution in [0.2, 0.25) is 0 Å². The minimum absolute atomic E-state index is 0.316. The molecule has 0 aliphatic carbocycles. The topological polar surface area (TPSA) is 68.5 Å². The summed E-state index contributed by atoms with van der Waals surface area (Å²) >= 11 is 0. The van der Waals surface area contributed by atoms with Gasteiger partial charge in [0.1, 0.15) is 5.76 Å². The molecule has 150 valence electrons. The summed E-state index contributed by atoms with van der Waals surface area (Å²) in [5.74, 6) is 2.08. The average molecular weight is 383 g/mol. The molecule has 28 heavy (non-hydrogen) atoms. The second kappa shape index (κ2) is 8.43. The molecule has 0 aromatic carbocycles. The molecule has 1 amide bonds. The van der Waals surface area contributed by atoms with Crippen LogP contribution in [0.15, 0.2) is 22.9 Å². The fourth-order valence-electron chi connectivity index (χ4n) is 4.48. The third kappa shape index (κ3) is 4.12. The largest absolute Gasteiger partial charge is 0.381 e. The van der Waals surface area contributed by atoms with Crippen LogP contribution in [-0.4, -0.2) is 47.3 Å².